The fourth-order valence-corrected chi connectivity index (χ4v) is 2.04. The molecule has 0 amide bonds. The summed E-state index contributed by atoms with van der Waals surface area (Å²) in [5, 5.41) is 7.90. The molecule has 1 rings (SSSR count). The molecule has 1 aromatic carbocycles. The highest BCUT2D eigenvalue weighted by molar-refractivity contribution is 9.10. The zero-order chi connectivity index (χ0) is 12.1. The van der Waals surface area contributed by atoms with Crippen LogP contribution in [0.25, 0.3) is 0 Å². The van der Waals surface area contributed by atoms with Crippen molar-refractivity contribution in [2.24, 2.45) is 5.73 Å². The van der Waals surface area contributed by atoms with Crippen molar-refractivity contribution in [2.45, 2.75) is 25.9 Å². The van der Waals surface area contributed by atoms with E-state index in [9.17, 15) is 0 Å². The topological polar surface area (TPSA) is 59.1 Å². The number of hydrogen-bond donors (Lipinski definition) is 2. The van der Waals surface area contributed by atoms with E-state index in [4.69, 9.17) is 27.5 Å². The van der Waals surface area contributed by atoms with Gasteiger partial charge in [0.05, 0.1) is 10.3 Å². The van der Waals surface area contributed by atoms with Gasteiger partial charge in [-0.1, -0.05) is 18.5 Å². The van der Waals surface area contributed by atoms with Gasteiger partial charge in [-0.05, 0) is 40.5 Å². The maximum atomic E-state index is 7.25. The summed E-state index contributed by atoms with van der Waals surface area (Å²) in [6, 6.07) is 5.34. The molecule has 16 heavy (non-hydrogen) atoms. The molecule has 3 nitrogen and oxygen atoms in total. The van der Waals surface area contributed by atoms with E-state index >= 15 is 0 Å². The Labute approximate surface area is 109 Å². The molecule has 1 atom stereocenters. The first kappa shape index (κ1) is 13.3. The fraction of sp³-hybridized carbons (Fsp3) is 0.364. The summed E-state index contributed by atoms with van der Waals surface area (Å²) in [7, 11) is 0. The normalized spacial score (nSPS) is 12.2. The summed E-state index contributed by atoms with van der Waals surface area (Å²) in [4.78, 5) is 0. The van der Waals surface area contributed by atoms with E-state index in [1.165, 1.54) is 0 Å². The molecule has 5 heteroatoms. The molecule has 0 aliphatic rings. The van der Waals surface area contributed by atoms with Crippen LogP contribution in [0, 0.1) is 5.41 Å². The Bertz CT molecular complexity index is 384. The third-order valence-corrected chi connectivity index (χ3v) is 2.95. The number of amidine groups is 1. The van der Waals surface area contributed by atoms with Gasteiger partial charge in [0.25, 0.3) is 0 Å². The van der Waals surface area contributed by atoms with Gasteiger partial charge in [0.15, 0.2) is 0 Å². The minimum atomic E-state index is -0.0741. The highest BCUT2D eigenvalue weighted by Gasteiger charge is 2.11. The average molecular weight is 306 g/mol. The zero-order valence-electron chi connectivity index (χ0n) is 8.97. The van der Waals surface area contributed by atoms with Crippen molar-refractivity contribution in [3.05, 3.63) is 27.7 Å². The summed E-state index contributed by atoms with van der Waals surface area (Å²) in [6.45, 7) is 2.00. The van der Waals surface area contributed by atoms with Crippen LogP contribution in [0.1, 0.15) is 19.8 Å². The molecule has 88 valence electrons. The third kappa shape index (κ3) is 4.02. The number of halogens is 2. The van der Waals surface area contributed by atoms with Crippen molar-refractivity contribution < 1.29 is 4.74 Å². The minimum absolute atomic E-state index is 0.0741. The molecule has 0 aliphatic carbocycles. The van der Waals surface area contributed by atoms with E-state index in [0.29, 0.717) is 11.4 Å². The highest BCUT2D eigenvalue weighted by atomic mass is 79.9. The van der Waals surface area contributed by atoms with Crippen molar-refractivity contribution in [2.75, 3.05) is 0 Å². The molecular weight excluding hydrogens is 291 g/mol. The second-order valence-electron chi connectivity index (χ2n) is 3.45. The molecule has 1 aromatic rings. The SMILES string of the molecule is CCC(CC(=N)N)Oc1ccc(Cl)cc1Br. The number of hydrogen-bond acceptors (Lipinski definition) is 2. The van der Waals surface area contributed by atoms with Crippen LogP contribution in [0.4, 0.5) is 0 Å². The second-order valence-corrected chi connectivity index (χ2v) is 4.74. The van der Waals surface area contributed by atoms with Crippen LogP contribution >= 0.6 is 27.5 Å². The van der Waals surface area contributed by atoms with Crippen molar-refractivity contribution in [3.8, 4) is 5.75 Å². The van der Waals surface area contributed by atoms with Gasteiger partial charge in [-0.15, -0.1) is 0 Å². The van der Waals surface area contributed by atoms with Crippen molar-refractivity contribution in [1.82, 2.24) is 0 Å². The van der Waals surface area contributed by atoms with Crippen LogP contribution in [-0.2, 0) is 0 Å². The molecule has 1 unspecified atom stereocenters. The van der Waals surface area contributed by atoms with Crippen molar-refractivity contribution in [1.29, 1.82) is 5.41 Å². The minimum Gasteiger partial charge on any atom is -0.489 e. The van der Waals surface area contributed by atoms with E-state index in [0.717, 1.165) is 16.6 Å². The Morgan fingerprint density at radius 3 is 2.81 bits per heavy atom. The van der Waals surface area contributed by atoms with Crippen molar-refractivity contribution >= 4 is 33.4 Å². The summed E-state index contributed by atoms with van der Waals surface area (Å²) in [5.41, 5.74) is 5.36. The van der Waals surface area contributed by atoms with Gasteiger partial charge < -0.3 is 10.5 Å². The number of nitrogens with one attached hydrogen (secondary N) is 1. The molecule has 0 radical (unpaired) electrons. The van der Waals surface area contributed by atoms with E-state index < -0.39 is 0 Å². The van der Waals surface area contributed by atoms with Gasteiger partial charge >= 0.3 is 0 Å². The average Bonchev–Trinajstić information content (AvgIpc) is 2.20. The Kier molecular flexibility index (Phi) is 5.09. The quantitative estimate of drug-likeness (QED) is 0.645. The predicted octanol–water partition coefficient (Wildman–Crippen LogP) is 3.59. The van der Waals surface area contributed by atoms with Crippen LogP contribution in [0.2, 0.25) is 5.02 Å². The molecule has 0 saturated heterocycles. The number of rotatable bonds is 5. The first-order valence-corrected chi connectivity index (χ1v) is 6.14. The molecule has 0 spiro atoms. The van der Waals surface area contributed by atoms with E-state index in [1.807, 2.05) is 6.92 Å². The number of ether oxygens (including phenoxy) is 1. The summed E-state index contributed by atoms with van der Waals surface area (Å²) >= 11 is 9.21. The zero-order valence-corrected chi connectivity index (χ0v) is 11.3. The van der Waals surface area contributed by atoms with Crippen LogP contribution in [0.3, 0.4) is 0 Å². The maximum absolute atomic E-state index is 7.25. The molecule has 0 heterocycles. The smallest absolute Gasteiger partial charge is 0.134 e. The number of benzene rings is 1. The van der Waals surface area contributed by atoms with Crippen LogP contribution in [0.5, 0.6) is 5.75 Å². The standard InChI is InChI=1S/C11H14BrClN2O/c1-2-8(6-11(14)15)16-10-4-3-7(13)5-9(10)12/h3-5,8H,2,6H2,1H3,(H3,14,15). The van der Waals surface area contributed by atoms with Crippen molar-refractivity contribution in [3.63, 3.8) is 0 Å². The molecule has 0 aromatic heterocycles. The van der Waals surface area contributed by atoms with Gasteiger partial charge in [0.1, 0.15) is 11.9 Å². The lowest BCUT2D eigenvalue weighted by Crippen LogP contribution is -2.24. The monoisotopic (exact) mass is 304 g/mol. The Morgan fingerprint density at radius 2 is 2.31 bits per heavy atom. The summed E-state index contributed by atoms with van der Waals surface area (Å²) in [6.07, 6.45) is 1.16. The fourth-order valence-electron chi connectivity index (χ4n) is 1.26. The van der Waals surface area contributed by atoms with E-state index in [1.54, 1.807) is 18.2 Å². The molecule has 0 bridgehead atoms. The lowest BCUT2D eigenvalue weighted by Gasteiger charge is -2.17. The summed E-state index contributed by atoms with van der Waals surface area (Å²) in [5.74, 6) is 0.856. The third-order valence-electron chi connectivity index (χ3n) is 2.09. The largest absolute Gasteiger partial charge is 0.489 e. The van der Waals surface area contributed by atoms with Crippen LogP contribution in [-0.4, -0.2) is 11.9 Å². The first-order valence-electron chi connectivity index (χ1n) is 4.97. The Balaban J connectivity index is 2.73. The maximum Gasteiger partial charge on any atom is 0.134 e. The Morgan fingerprint density at radius 1 is 1.62 bits per heavy atom. The van der Waals surface area contributed by atoms with E-state index in [2.05, 4.69) is 15.9 Å². The number of nitrogens with two attached hydrogens (primary N) is 1. The lowest BCUT2D eigenvalue weighted by atomic mass is 10.2. The predicted molar refractivity (Wildman–Crippen MR) is 70.4 cm³/mol. The molecule has 3 N–H and O–H groups in total. The van der Waals surface area contributed by atoms with Gasteiger partial charge in [-0.3, -0.25) is 5.41 Å². The highest BCUT2D eigenvalue weighted by Crippen LogP contribution is 2.29. The van der Waals surface area contributed by atoms with Gasteiger partial charge in [-0.25, -0.2) is 0 Å². The summed E-state index contributed by atoms with van der Waals surface area (Å²) < 4.78 is 6.54. The molecular formula is C11H14BrClN2O. The van der Waals surface area contributed by atoms with Gasteiger partial charge in [-0.2, -0.15) is 0 Å². The van der Waals surface area contributed by atoms with Crippen LogP contribution < -0.4 is 10.5 Å². The van der Waals surface area contributed by atoms with Gasteiger partial charge in [0, 0.05) is 11.4 Å². The van der Waals surface area contributed by atoms with Crippen LogP contribution in [0.15, 0.2) is 22.7 Å². The second kappa shape index (κ2) is 6.11. The Hall–Kier alpha value is -0.740. The molecule has 0 fully saturated rings. The first-order chi connectivity index (χ1) is 7.52. The molecule has 0 aliphatic heterocycles. The lowest BCUT2D eigenvalue weighted by molar-refractivity contribution is 0.203. The van der Waals surface area contributed by atoms with Gasteiger partial charge in [0.2, 0.25) is 0 Å². The molecule has 0 saturated carbocycles. The van der Waals surface area contributed by atoms with E-state index in [-0.39, 0.29) is 11.9 Å².